The first-order valence-electron chi connectivity index (χ1n) is 11.5. The van der Waals surface area contributed by atoms with E-state index in [1.54, 1.807) is 20.2 Å². The number of nitrogens with two attached hydrogens (primary N) is 1. The summed E-state index contributed by atoms with van der Waals surface area (Å²) < 4.78 is 5.29. The van der Waals surface area contributed by atoms with Gasteiger partial charge in [0.15, 0.2) is 5.13 Å². The molecule has 9 heteroatoms. The quantitative estimate of drug-likeness (QED) is 0.516. The van der Waals surface area contributed by atoms with Crippen molar-refractivity contribution >= 4 is 28.4 Å². The van der Waals surface area contributed by atoms with Crippen LogP contribution >= 0.6 is 11.3 Å². The topological polar surface area (TPSA) is 110 Å². The highest BCUT2D eigenvalue weighted by Crippen LogP contribution is 2.37. The van der Waals surface area contributed by atoms with Crippen molar-refractivity contribution in [1.29, 1.82) is 0 Å². The highest BCUT2D eigenvalue weighted by Gasteiger charge is 2.44. The highest BCUT2D eigenvalue weighted by molar-refractivity contribution is 7.19. The summed E-state index contributed by atoms with van der Waals surface area (Å²) >= 11 is 1.40. The molecule has 1 aliphatic heterocycles. The van der Waals surface area contributed by atoms with Crippen LogP contribution in [0, 0.1) is 6.92 Å². The van der Waals surface area contributed by atoms with Crippen LogP contribution in [-0.2, 0) is 10.2 Å². The van der Waals surface area contributed by atoms with Gasteiger partial charge in [-0.25, -0.2) is 9.78 Å². The number of aromatic nitrogens is 2. The van der Waals surface area contributed by atoms with Gasteiger partial charge in [-0.2, -0.15) is 0 Å². The van der Waals surface area contributed by atoms with Crippen LogP contribution in [-0.4, -0.2) is 46.0 Å². The number of benzene rings is 1. The first-order chi connectivity index (χ1) is 16.6. The lowest BCUT2D eigenvalue weighted by molar-refractivity contribution is -0.126. The van der Waals surface area contributed by atoms with Gasteiger partial charge in [-0.1, -0.05) is 37.3 Å². The lowest BCUT2D eigenvalue weighted by atomic mass is 9.80. The van der Waals surface area contributed by atoms with Gasteiger partial charge in [-0.15, -0.1) is 0 Å². The number of nitrogens with zero attached hydrogens (tertiary/aromatic N) is 3. The summed E-state index contributed by atoms with van der Waals surface area (Å²) in [6.45, 7) is 8.38. The number of carbonyl (C=O) groups is 2. The van der Waals surface area contributed by atoms with Crippen LogP contribution in [0.1, 0.15) is 50.6 Å². The van der Waals surface area contributed by atoms with Crippen molar-refractivity contribution in [2.75, 3.05) is 19.0 Å². The van der Waals surface area contributed by atoms with Crippen molar-refractivity contribution in [2.24, 2.45) is 5.73 Å². The van der Waals surface area contributed by atoms with E-state index in [-0.39, 0.29) is 11.4 Å². The summed E-state index contributed by atoms with van der Waals surface area (Å²) in [4.78, 5) is 36.6. The van der Waals surface area contributed by atoms with E-state index >= 15 is 0 Å². The van der Waals surface area contributed by atoms with Crippen molar-refractivity contribution in [3.05, 3.63) is 59.5 Å². The number of thiazole rings is 1. The number of pyridine rings is 1. The van der Waals surface area contributed by atoms with Crippen LogP contribution in [0.2, 0.25) is 0 Å². The third-order valence-corrected chi connectivity index (χ3v) is 8.02. The molecule has 35 heavy (non-hydrogen) atoms. The molecule has 1 aromatic carbocycles. The van der Waals surface area contributed by atoms with Crippen molar-refractivity contribution in [3.8, 4) is 16.2 Å². The average molecular weight is 494 g/mol. The zero-order chi connectivity index (χ0) is 25.4. The van der Waals surface area contributed by atoms with Gasteiger partial charge in [0, 0.05) is 18.2 Å². The molecule has 0 saturated carbocycles. The molecule has 1 aliphatic rings. The van der Waals surface area contributed by atoms with Crippen LogP contribution in [0.5, 0.6) is 5.75 Å². The van der Waals surface area contributed by atoms with Crippen LogP contribution in [0.15, 0.2) is 42.6 Å². The predicted molar refractivity (Wildman–Crippen MR) is 138 cm³/mol. The molecule has 0 unspecified atom stereocenters. The molecule has 0 bridgehead atoms. The summed E-state index contributed by atoms with van der Waals surface area (Å²) in [6, 6.07) is 11.7. The number of primary amides is 1. The summed E-state index contributed by atoms with van der Waals surface area (Å²) in [5.74, 6) is 0.316. The van der Waals surface area contributed by atoms with E-state index in [0.717, 1.165) is 39.6 Å². The number of anilines is 1. The van der Waals surface area contributed by atoms with E-state index < -0.39 is 11.4 Å². The molecule has 2 aromatic heterocycles. The Kier molecular flexibility index (Phi) is 6.55. The number of amides is 3. The molecule has 0 aliphatic carbocycles. The molecule has 8 nitrogen and oxygen atoms in total. The van der Waals surface area contributed by atoms with E-state index in [2.05, 4.69) is 47.3 Å². The van der Waals surface area contributed by atoms with Gasteiger partial charge in [0.25, 0.3) is 0 Å². The van der Waals surface area contributed by atoms with Gasteiger partial charge in [0.05, 0.1) is 23.4 Å². The summed E-state index contributed by atoms with van der Waals surface area (Å²) in [5.41, 5.74) is 8.11. The first-order valence-corrected chi connectivity index (χ1v) is 12.4. The zero-order valence-electron chi connectivity index (χ0n) is 20.7. The molecule has 3 aromatic rings. The number of rotatable bonds is 6. The molecule has 4 rings (SSSR count). The minimum Gasteiger partial charge on any atom is -0.497 e. The highest BCUT2D eigenvalue weighted by atomic mass is 32.1. The fraction of sp³-hybridized carbons (Fsp3) is 0.385. The molecule has 3 amide bonds. The maximum atomic E-state index is 12.9. The Morgan fingerprint density at radius 3 is 2.60 bits per heavy atom. The minimum atomic E-state index is -0.980. The number of urea groups is 1. The van der Waals surface area contributed by atoms with Gasteiger partial charge in [-0.05, 0) is 62.1 Å². The van der Waals surface area contributed by atoms with Gasteiger partial charge >= 0.3 is 6.03 Å². The van der Waals surface area contributed by atoms with E-state index in [0.29, 0.717) is 18.1 Å². The largest absolute Gasteiger partial charge is 0.497 e. The predicted octanol–water partition coefficient (Wildman–Crippen LogP) is 4.72. The van der Waals surface area contributed by atoms with Crippen LogP contribution < -0.4 is 15.8 Å². The fourth-order valence-corrected chi connectivity index (χ4v) is 5.44. The molecule has 3 heterocycles. The van der Waals surface area contributed by atoms with Gasteiger partial charge in [0.1, 0.15) is 11.3 Å². The van der Waals surface area contributed by atoms with E-state index in [4.69, 9.17) is 10.5 Å². The van der Waals surface area contributed by atoms with Crippen LogP contribution in [0.3, 0.4) is 0 Å². The fourth-order valence-electron chi connectivity index (χ4n) is 4.49. The number of nitrogens with one attached hydrogen (secondary N) is 1. The van der Waals surface area contributed by atoms with Crippen molar-refractivity contribution in [3.63, 3.8) is 0 Å². The third kappa shape index (κ3) is 4.60. The Hall–Kier alpha value is -3.46. The minimum absolute atomic E-state index is 0.326. The number of ether oxygens (including phenoxy) is 1. The van der Waals surface area contributed by atoms with Crippen molar-refractivity contribution < 1.29 is 14.3 Å². The summed E-state index contributed by atoms with van der Waals surface area (Å²) in [5, 5.41) is 3.35. The SMILES string of the molecule is COc1ccc(C(C)(C)c2cc(-c3sc(NC(=O)N4CCC[C@@]4(C)C(N)=O)nc3C)ccn2)cc1. The molecule has 0 spiro atoms. The lowest BCUT2D eigenvalue weighted by Crippen LogP contribution is -2.55. The van der Waals surface area contributed by atoms with E-state index in [9.17, 15) is 9.59 Å². The standard InChI is InChI=1S/C26H31N5O3S/c1-16-21(35-23(29-16)30-24(33)31-14-6-12-26(31,4)22(27)32)17-11-13-28-20(15-17)25(2,3)18-7-9-19(34-5)10-8-18/h7-11,13,15H,6,12,14H2,1-5H3,(H2,27,32)(H,29,30,33)/t26-/m0/s1. The van der Waals surface area contributed by atoms with Crippen molar-refractivity contribution in [2.45, 2.75) is 51.5 Å². The number of methoxy groups -OCH3 is 1. The van der Waals surface area contributed by atoms with E-state index in [1.807, 2.05) is 25.1 Å². The zero-order valence-corrected chi connectivity index (χ0v) is 21.5. The summed E-state index contributed by atoms with van der Waals surface area (Å²) in [6.07, 6.45) is 3.09. The van der Waals surface area contributed by atoms with E-state index in [1.165, 1.54) is 16.2 Å². The molecule has 1 fully saturated rings. The second-order valence-electron chi connectivity index (χ2n) is 9.54. The average Bonchev–Trinajstić information content (AvgIpc) is 3.42. The molecule has 0 radical (unpaired) electrons. The number of hydrogen-bond acceptors (Lipinski definition) is 6. The Morgan fingerprint density at radius 1 is 1.23 bits per heavy atom. The lowest BCUT2D eigenvalue weighted by Gasteiger charge is -2.31. The maximum absolute atomic E-state index is 12.9. The molecular formula is C26H31N5O3S. The van der Waals surface area contributed by atoms with Crippen LogP contribution in [0.4, 0.5) is 9.93 Å². The number of hydrogen-bond donors (Lipinski definition) is 2. The Labute approximate surface area is 209 Å². The van der Waals surface area contributed by atoms with Crippen molar-refractivity contribution in [1.82, 2.24) is 14.9 Å². The molecule has 3 N–H and O–H groups in total. The first kappa shape index (κ1) is 24.7. The smallest absolute Gasteiger partial charge is 0.324 e. The summed E-state index contributed by atoms with van der Waals surface area (Å²) in [7, 11) is 1.65. The Balaban J connectivity index is 1.58. The third-order valence-electron chi connectivity index (χ3n) is 6.90. The molecule has 184 valence electrons. The molecule has 1 saturated heterocycles. The van der Waals surface area contributed by atoms with Crippen LogP contribution in [0.25, 0.3) is 10.4 Å². The molecular weight excluding hydrogens is 462 g/mol. The Bertz CT molecular complexity index is 1250. The number of carbonyl (C=O) groups excluding carboxylic acids is 2. The van der Waals surface area contributed by atoms with Gasteiger partial charge in [0.2, 0.25) is 5.91 Å². The monoisotopic (exact) mass is 493 g/mol. The maximum Gasteiger partial charge on any atom is 0.324 e. The second kappa shape index (κ2) is 9.30. The Morgan fingerprint density at radius 2 is 1.94 bits per heavy atom. The normalized spacial score (nSPS) is 17.9. The number of aryl methyl sites for hydroxylation is 1. The molecule has 1 atom stereocenters. The van der Waals surface area contributed by atoms with Gasteiger partial charge in [-0.3, -0.25) is 15.1 Å². The van der Waals surface area contributed by atoms with Gasteiger partial charge < -0.3 is 15.4 Å². The number of likely N-dealkylation sites (tertiary alicyclic amines) is 1. The second-order valence-corrected chi connectivity index (χ2v) is 10.5.